The third kappa shape index (κ3) is 2.61. The SMILES string of the molecule is C=CC(=O)OCC1CC(C)(C)C(C)C1C. The molecule has 15 heavy (non-hydrogen) atoms. The second-order valence-corrected chi connectivity index (χ2v) is 5.43. The summed E-state index contributed by atoms with van der Waals surface area (Å²) < 4.78 is 5.13. The Bertz CT molecular complexity index is 255. The number of ether oxygens (including phenoxy) is 1. The summed E-state index contributed by atoms with van der Waals surface area (Å²) in [6.45, 7) is 13.1. The molecule has 0 aliphatic heterocycles. The monoisotopic (exact) mass is 210 g/mol. The lowest BCUT2D eigenvalue weighted by Crippen LogP contribution is -2.18. The molecule has 1 saturated carbocycles. The molecule has 0 aromatic heterocycles. The zero-order chi connectivity index (χ0) is 11.6. The average molecular weight is 210 g/mol. The molecule has 0 saturated heterocycles. The summed E-state index contributed by atoms with van der Waals surface area (Å²) in [5, 5.41) is 0. The van der Waals surface area contributed by atoms with Crippen molar-refractivity contribution in [3.05, 3.63) is 12.7 Å². The van der Waals surface area contributed by atoms with Gasteiger partial charge in [-0.25, -0.2) is 4.79 Å². The van der Waals surface area contributed by atoms with E-state index in [9.17, 15) is 4.79 Å². The number of carbonyl (C=O) groups excluding carboxylic acids is 1. The zero-order valence-electron chi connectivity index (χ0n) is 10.2. The summed E-state index contributed by atoms with van der Waals surface area (Å²) in [6, 6.07) is 0. The summed E-state index contributed by atoms with van der Waals surface area (Å²) in [5.41, 5.74) is 0.366. The van der Waals surface area contributed by atoms with Gasteiger partial charge in [-0.3, -0.25) is 0 Å². The molecular weight excluding hydrogens is 188 g/mol. The second kappa shape index (κ2) is 4.38. The molecule has 2 heteroatoms. The van der Waals surface area contributed by atoms with Gasteiger partial charge in [0, 0.05) is 6.08 Å². The van der Waals surface area contributed by atoms with Crippen molar-refractivity contribution in [1.29, 1.82) is 0 Å². The maximum absolute atomic E-state index is 11.0. The highest BCUT2D eigenvalue weighted by molar-refractivity contribution is 5.81. The molecule has 0 radical (unpaired) electrons. The van der Waals surface area contributed by atoms with Gasteiger partial charge in [0.15, 0.2) is 0 Å². The highest BCUT2D eigenvalue weighted by Crippen LogP contribution is 2.49. The predicted molar refractivity (Wildman–Crippen MR) is 61.4 cm³/mol. The van der Waals surface area contributed by atoms with Gasteiger partial charge in [-0.15, -0.1) is 0 Å². The molecule has 1 aliphatic carbocycles. The van der Waals surface area contributed by atoms with Crippen LogP contribution in [0.3, 0.4) is 0 Å². The first-order valence-electron chi connectivity index (χ1n) is 5.67. The number of hydrogen-bond acceptors (Lipinski definition) is 2. The van der Waals surface area contributed by atoms with Crippen LogP contribution in [0.2, 0.25) is 0 Å². The van der Waals surface area contributed by atoms with Crippen LogP contribution in [0.15, 0.2) is 12.7 Å². The van der Waals surface area contributed by atoms with Gasteiger partial charge in [-0.1, -0.05) is 34.3 Å². The minimum absolute atomic E-state index is 0.306. The Labute approximate surface area is 92.7 Å². The first kappa shape index (κ1) is 12.3. The lowest BCUT2D eigenvalue weighted by molar-refractivity contribution is -0.139. The summed E-state index contributed by atoms with van der Waals surface area (Å²) in [7, 11) is 0. The minimum atomic E-state index is -0.306. The zero-order valence-corrected chi connectivity index (χ0v) is 10.2. The number of rotatable bonds is 3. The van der Waals surface area contributed by atoms with Crippen molar-refractivity contribution >= 4 is 5.97 Å². The highest BCUT2D eigenvalue weighted by atomic mass is 16.5. The highest BCUT2D eigenvalue weighted by Gasteiger charge is 2.43. The van der Waals surface area contributed by atoms with E-state index in [1.807, 2.05) is 0 Å². The third-order valence-corrected chi connectivity index (χ3v) is 4.16. The smallest absolute Gasteiger partial charge is 0.330 e. The van der Waals surface area contributed by atoms with E-state index < -0.39 is 0 Å². The van der Waals surface area contributed by atoms with Gasteiger partial charge >= 0.3 is 5.97 Å². The van der Waals surface area contributed by atoms with Crippen molar-refractivity contribution in [3.8, 4) is 0 Å². The van der Waals surface area contributed by atoms with Crippen molar-refractivity contribution in [2.45, 2.75) is 34.1 Å². The van der Waals surface area contributed by atoms with E-state index in [1.54, 1.807) is 0 Å². The third-order valence-electron chi connectivity index (χ3n) is 4.16. The Morgan fingerprint density at radius 2 is 2.13 bits per heavy atom. The Morgan fingerprint density at radius 3 is 2.53 bits per heavy atom. The van der Waals surface area contributed by atoms with Gasteiger partial charge in [-0.05, 0) is 29.6 Å². The molecule has 0 bridgehead atoms. The predicted octanol–water partition coefficient (Wildman–Crippen LogP) is 3.03. The molecule has 0 heterocycles. The molecule has 0 aromatic rings. The Balaban J connectivity index is 2.51. The molecule has 3 unspecified atom stereocenters. The lowest BCUT2D eigenvalue weighted by Gasteiger charge is -2.25. The van der Waals surface area contributed by atoms with Crippen LogP contribution in [0.4, 0.5) is 0 Å². The number of esters is 1. The van der Waals surface area contributed by atoms with Crippen molar-refractivity contribution in [1.82, 2.24) is 0 Å². The van der Waals surface area contributed by atoms with Crippen LogP contribution >= 0.6 is 0 Å². The van der Waals surface area contributed by atoms with E-state index in [0.717, 1.165) is 6.42 Å². The fraction of sp³-hybridized carbons (Fsp3) is 0.769. The molecule has 0 aromatic carbocycles. The van der Waals surface area contributed by atoms with Crippen molar-refractivity contribution in [2.24, 2.45) is 23.2 Å². The Kier molecular flexibility index (Phi) is 3.58. The first-order chi connectivity index (χ1) is 6.88. The van der Waals surface area contributed by atoms with Gasteiger partial charge in [0.25, 0.3) is 0 Å². The molecule has 0 spiro atoms. The molecular formula is C13H22O2. The summed E-state index contributed by atoms with van der Waals surface area (Å²) >= 11 is 0. The van der Waals surface area contributed by atoms with Crippen LogP contribution < -0.4 is 0 Å². The van der Waals surface area contributed by atoms with E-state index in [-0.39, 0.29) is 5.97 Å². The average Bonchev–Trinajstić information content (AvgIpc) is 2.38. The topological polar surface area (TPSA) is 26.3 Å². The van der Waals surface area contributed by atoms with Crippen LogP contribution in [0.25, 0.3) is 0 Å². The maximum Gasteiger partial charge on any atom is 0.330 e. The van der Waals surface area contributed by atoms with Crippen LogP contribution in [0.5, 0.6) is 0 Å². The van der Waals surface area contributed by atoms with E-state index in [4.69, 9.17) is 4.74 Å². The molecule has 1 rings (SSSR count). The summed E-state index contributed by atoms with van der Waals surface area (Å²) in [4.78, 5) is 11.0. The van der Waals surface area contributed by atoms with E-state index in [0.29, 0.717) is 29.8 Å². The van der Waals surface area contributed by atoms with Crippen LogP contribution in [-0.2, 0) is 9.53 Å². The van der Waals surface area contributed by atoms with Crippen LogP contribution in [-0.4, -0.2) is 12.6 Å². The first-order valence-corrected chi connectivity index (χ1v) is 5.67. The number of carbonyl (C=O) groups is 1. The normalized spacial score (nSPS) is 33.7. The van der Waals surface area contributed by atoms with Crippen LogP contribution in [0, 0.1) is 23.2 Å². The van der Waals surface area contributed by atoms with Gasteiger partial charge in [-0.2, -0.15) is 0 Å². The lowest BCUT2D eigenvalue weighted by atomic mass is 9.81. The van der Waals surface area contributed by atoms with Gasteiger partial charge in [0.1, 0.15) is 0 Å². The van der Waals surface area contributed by atoms with Gasteiger partial charge in [0.2, 0.25) is 0 Å². The molecule has 2 nitrogen and oxygen atoms in total. The van der Waals surface area contributed by atoms with Crippen molar-refractivity contribution in [3.63, 3.8) is 0 Å². The second-order valence-electron chi connectivity index (χ2n) is 5.43. The minimum Gasteiger partial charge on any atom is -0.462 e. The van der Waals surface area contributed by atoms with E-state index in [2.05, 4.69) is 34.3 Å². The standard InChI is InChI=1S/C13H22O2/c1-6-12(14)15-8-11-7-13(4,5)10(3)9(11)2/h6,9-11H,1,7-8H2,2-5H3. The van der Waals surface area contributed by atoms with Crippen molar-refractivity contribution in [2.75, 3.05) is 6.61 Å². The molecule has 3 atom stereocenters. The Hall–Kier alpha value is -0.790. The fourth-order valence-electron chi connectivity index (χ4n) is 2.63. The fourth-order valence-corrected chi connectivity index (χ4v) is 2.63. The van der Waals surface area contributed by atoms with Crippen LogP contribution in [0.1, 0.15) is 34.1 Å². The molecule has 0 amide bonds. The van der Waals surface area contributed by atoms with Gasteiger partial charge < -0.3 is 4.74 Å². The van der Waals surface area contributed by atoms with E-state index >= 15 is 0 Å². The van der Waals surface area contributed by atoms with Gasteiger partial charge in [0.05, 0.1) is 6.61 Å². The quantitative estimate of drug-likeness (QED) is 0.528. The summed E-state index contributed by atoms with van der Waals surface area (Å²) in [5.74, 6) is 1.50. The van der Waals surface area contributed by atoms with Crippen molar-refractivity contribution < 1.29 is 9.53 Å². The summed E-state index contributed by atoms with van der Waals surface area (Å²) in [6.07, 6.45) is 2.37. The molecule has 86 valence electrons. The van der Waals surface area contributed by atoms with E-state index in [1.165, 1.54) is 6.08 Å². The Morgan fingerprint density at radius 1 is 1.53 bits per heavy atom. The number of hydrogen-bond donors (Lipinski definition) is 0. The largest absolute Gasteiger partial charge is 0.462 e. The maximum atomic E-state index is 11.0. The molecule has 0 N–H and O–H groups in total. The molecule has 1 fully saturated rings. The molecule has 1 aliphatic rings.